The average molecular weight is 359 g/mol. The van der Waals surface area contributed by atoms with Crippen LogP contribution in [0.15, 0.2) is 48.5 Å². The predicted octanol–water partition coefficient (Wildman–Crippen LogP) is 3.79. The quantitative estimate of drug-likeness (QED) is 0.824. The van der Waals surface area contributed by atoms with Gasteiger partial charge in [-0.1, -0.05) is 35.9 Å². The summed E-state index contributed by atoms with van der Waals surface area (Å²) >= 11 is 5.93. The van der Waals surface area contributed by atoms with Crippen LogP contribution in [0.25, 0.3) is 0 Å². The van der Waals surface area contributed by atoms with Crippen LogP contribution in [0, 0.1) is 0 Å². The number of aromatic carboxylic acids is 1. The summed E-state index contributed by atoms with van der Waals surface area (Å²) in [6.45, 7) is 3.80. The molecule has 132 valence electrons. The molecule has 0 bridgehead atoms. The first-order chi connectivity index (χ1) is 12.1. The minimum atomic E-state index is -0.877. The number of hydrogen-bond donors (Lipinski definition) is 2. The summed E-state index contributed by atoms with van der Waals surface area (Å²) in [5, 5.41) is 13.4. The molecule has 0 spiro atoms. The minimum absolute atomic E-state index is 0.345. The number of nitrogens with zero attached hydrogens (tertiary/aromatic N) is 1. The van der Waals surface area contributed by atoms with E-state index in [0.29, 0.717) is 18.2 Å². The van der Waals surface area contributed by atoms with E-state index in [4.69, 9.17) is 16.7 Å². The molecule has 2 N–H and O–H groups in total. The van der Waals surface area contributed by atoms with Gasteiger partial charge in [0.25, 0.3) is 0 Å². The van der Waals surface area contributed by atoms with Gasteiger partial charge in [0.15, 0.2) is 0 Å². The topological polar surface area (TPSA) is 52.6 Å². The maximum Gasteiger partial charge on any atom is 0.335 e. The Hall–Kier alpha value is -1.88. The number of piperidine rings is 1. The number of carbonyl (C=O) groups is 1. The van der Waals surface area contributed by atoms with Gasteiger partial charge in [-0.25, -0.2) is 4.79 Å². The Bertz CT molecular complexity index is 710. The highest BCUT2D eigenvalue weighted by molar-refractivity contribution is 6.30. The lowest BCUT2D eigenvalue weighted by atomic mass is 10.0. The van der Waals surface area contributed by atoms with Crippen molar-refractivity contribution < 1.29 is 9.90 Å². The third-order valence-corrected chi connectivity index (χ3v) is 4.93. The summed E-state index contributed by atoms with van der Waals surface area (Å²) in [5.41, 5.74) is 2.65. The van der Waals surface area contributed by atoms with Crippen molar-refractivity contribution >= 4 is 17.6 Å². The van der Waals surface area contributed by atoms with Gasteiger partial charge in [-0.3, -0.25) is 4.90 Å². The number of carboxylic acids is 1. The van der Waals surface area contributed by atoms with Gasteiger partial charge in [0, 0.05) is 24.2 Å². The van der Waals surface area contributed by atoms with Crippen molar-refractivity contribution in [1.82, 2.24) is 10.2 Å². The van der Waals surface area contributed by atoms with Gasteiger partial charge in [0.1, 0.15) is 0 Å². The highest BCUT2D eigenvalue weighted by Crippen LogP contribution is 2.16. The van der Waals surface area contributed by atoms with Crippen molar-refractivity contribution in [2.45, 2.75) is 32.0 Å². The van der Waals surface area contributed by atoms with Crippen LogP contribution in [0.4, 0.5) is 0 Å². The van der Waals surface area contributed by atoms with Crippen LogP contribution in [0.2, 0.25) is 5.02 Å². The van der Waals surface area contributed by atoms with Crippen molar-refractivity contribution in [3.8, 4) is 0 Å². The van der Waals surface area contributed by atoms with Gasteiger partial charge in [-0.05, 0) is 61.3 Å². The average Bonchev–Trinajstić information content (AvgIpc) is 2.63. The van der Waals surface area contributed by atoms with Crippen molar-refractivity contribution in [2.24, 2.45) is 0 Å². The third kappa shape index (κ3) is 5.30. The number of nitrogens with one attached hydrogen (secondary N) is 1. The summed E-state index contributed by atoms with van der Waals surface area (Å²) < 4.78 is 0. The first-order valence-corrected chi connectivity index (χ1v) is 9.00. The number of benzene rings is 2. The fourth-order valence-electron chi connectivity index (χ4n) is 3.22. The Morgan fingerprint density at radius 3 is 2.52 bits per heavy atom. The minimum Gasteiger partial charge on any atom is -0.478 e. The Kier molecular flexibility index (Phi) is 6.08. The van der Waals surface area contributed by atoms with Crippen molar-refractivity contribution in [2.75, 3.05) is 13.1 Å². The van der Waals surface area contributed by atoms with Crippen LogP contribution in [-0.4, -0.2) is 35.1 Å². The highest BCUT2D eigenvalue weighted by atomic mass is 35.5. The standard InChI is InChI=1S/C20H23ClN2O2/c21-18-6-4-15(5-7-18)14-23-10-8-19(9-11-23)22-13-16-2-1-3-17(12-16)20(24)25/h1-7,12,19,22H,8-11,13-14H2,(H,24,25). The van der Waals surface area contributed by atoms with Crippen LogP contribution < -0.4 is 5.32 Å². The number of likely N-dealkylation sites (tertiary alicyclic amines) is 1. The van der Waals surface area contributed by atoms with Crippen LogP contribution in [0.5, 0.6) is 0 Å². The second-order valence-electron chi connectivity index (χ2n) is 6.56. The van der Waals surface area contributed by atoms with E-state index in [9.17, 15) is 4.79 Å². The second-order valence-corrected chi connectivity index (χ2v) is 7.00. The Labute approximate surface area is 153 Å². The fourth-order valence-corrected chi connectivity index (χ4v) is 3.35. The molecule has 1 aliphatic rings. The molecule has 2 aromatic carbocycles. The van der Waals surface area contributed by atoms with Crippen LogP contribution in [-0.2, 0) is 13.1 Å². The van der Waals surface area contributed by atoms with E-state index in [1.165, 1.54) is 5.56 Å². The van der Waals surface area contributed by atoms with Crippen LogP contribution in [0.3, 0.4) is 0 Å². The molecule has 0 saturated carbocycles. The second kappa shape index (κ2) is 8.48. The summed E-state index contributed by atoms with van der Waals surface area (Å²) in [5.74, 6) is -0.877. The molecule has 0 unspecified atom stereocenters. The normalized spacial score (nSPS) is 16.0. The number of hydrogen-bond acceptors (Lipinski definition) is 3. The smallest absolute Gasteiger partial charge is 0.335 e. The summed E-state index contributed by atoms with van der Waals surface area (Å²) in [6.07, 6.45) is 2.21. The Morgan fingerprint density at radius 1 is 1.12 bits per heavy atom. The lowest BCUT2D eigenvalue weighted by molar-refractivity contribution is 0.0696. The summed E-state index contributed by atoms with van der Waals surface area (Å²) in [6, 6.07) is 15.7. The van der Waals surface area contributed by atoms with Gasteiger partial charge >= 0.3 is 5.97 Å². The molecule has 0 aliphatic carbocycles. The third-order valence-electron chi connectivity index (χ3n) is 4.68. The number of carboxylic acid groups (broad SMARTS) is 1. The molecule has 4 nitrogen and oxygen atoms in total. The van der Waals surface area contributed by atoms with Crippen LogP contribution in [0.1, 0.15) is 34.3 Å². The van der Waals surface area contributed by atoms with E-state index in [1.54, 1.807) is 18.2 Å². The largest absolute Gasteiger partial charge is 0.478 e. The molecule has 1 heterocycles. The van der Waals surface area contributed by atoms with E-state index < -0.39 is 5.97 Å². The van der Waals surface area contributed by atoms with Gasteiger partial charge < -0.3 is 10.4 Å². The fraction of sp³-hybridized carbons (Fsp3) is 0.350. The molecule has 0 aromatic heterocycles. The van der Waals surface area contributed by atoms with Crippen molar-refractivity contribution in [3.05, 3.63) is 70.2 Å². The SMILES string of the molecule is O=C(O)c1cccc(CNC2CCN(Cc3ccc(Cl)cc3)CC2)c1. The molecule has 5 heteroatoms. The zero-order chi connectivity index (χ0) is 17.6. The van der Waals surface area contributed by atoms with Gasteiger partial charge in [0.05, 0.1) is 5.56 Å². The lowest BCUT2D eigenvalue weighted by Gasteiger charge is -2.32. The summed E-state index contributed by atoms with van der Waals surface area (Å²) in [4.78, 5) is 13.5. The molecule has 0 atom stereocenters. The maximum absolute atomic E-state index is 11.0. The Balaban J connectivity index is 1.44. The highest BCUT2D eigenvalue weighted by Gasteiger charge is 2.18. The van der Waals surface area contributed by atoms with E-state index in [-0.39, 0.29) is 0 Å². The van der Waals surface area contributed by atoms with Crippen molar-refractivity contribution in [1.29, 1.82) is 0 Å². The lowest BCUT2D eigenvalue weighted by Crippen LogP contribution is -2.41. The van der Waals surface area contributed by atoms with E-state index in [0.717, 1.165) is 43.1 Å². The maximum atomic E-state index is 11.0. The summed E-state index contributed by atoms with van der Waals surface area (Å²) in [7, 11) is 0. The molecular formula is C20H23ClN2O2. The van der Waals surface area contributed by atoms with E-state index in [2.05, 4.69) is 22.3 Å². The Morgan fingerprint density at radius 2 is 1.84 bits per heavy atom. The molecule has 1 aliphatic heterocycles. The monoisotopic (exact) mass is 358 g/mol. The molecule has 0 amide bonds. The van der Waals surface area contributed by atoms with Gasteiger partial charge in [0.2, 0.25) is 0 Å². The number of rotatable bonds is 6. The van der Waals surface area contributed by atoms with Crippen molar-refractivity contribution in [3.63, 3.8) is 0 Å². The predicted molar refractivity (Wildman–Crippen MR) is 100.0 cm³/mol. The number of halogens is 1. The molecule has 25 heavy (non-hydrogen) atoms. The molecule has 3 rings (SSSR count). The molecule has 2 aromatic rings. The van der Waals surface area contributed by atoms with E-state index >= 15 is 0 Å². The molecule has 0 radical (unpaired) electrons. The van der Waals surface area contributed by atoms with Gasteiger partial charge in [-0.2, -0.15) is 0 Å². The van der Waals surface area contributed by atoms with Crippen LogP contribution >= 0.6 is 11.6 Å². The first-order valence-electron chi connectivity index (χ1n) is 8.62. The zero-order valence-electron chi connectivity index (χ0n) is 14.1. The van der Waals surface area contributed by atoms with E-state index in [1.807, 2.05) is 18.2 Å². The molecular weight excluding hydrogens is 336 g/mol. The molecule has 1 fully saturated rings. The first kappa shape index (κ1) is 17.9. The zero-order valence-corrected chi connectivity index (χ0v) is 14.9. The molecule has 1 saturated heterocycles. The van der Waals surface area contributed by atoms with Gasteiger partial charge in [-0.15, -0.1) is 0 Å².